The lowest BCUT2D eigenvalue weighted by molar-refractivity contribution is 0.0563. The molecule has 0 aromatic carbocycles. The number of esters is 1. The molecule has 5 nitrogen and oxygen atoms in total. The molecule has 1 heterocycles. The van der Waals surface area contributed by atoms with Gasteiger partial charge in [0.1, 0.15) is 5.76 Å². The molecule has 102 valence electrons. The number of furan rings is 1. The summed E-state index contributed by atoms with van der Waals surface area (Å²) in [5.41, 5.74) is 0. The summed E-state index contributed by atoms with van der Waals surface area (Å²) in [5.74, 6) is 0.553. The number of rotatable bonds is 8. The van der Waals surface area contributed by atoms with Crippen LogP contribution in [0.2, 0.25) is 0 Å². The van der Waals surface area contributed by atoms with Gasteiger partial charge in [-0.1, -0.05) is 13.8 Å². The van der Waals surface area contributed by atoms with Crippen LogP contribution < -0.4 is 5.32 Å². The summed E-state index contributed by atoms with van der Waals surface area (Å²) in [6.45, 7) is 8.96. The summed E-state index contributed by atoms with van der Waals surface area (Å²) in [6, 6.07) is 3.42. The van der Waals surface area contributed by atoms with Gasteiger partial charge in [0.15, 0.2) is 0 Å². The van der Waals surface area contributed by atoms with E-state index >= 15 is 0 Å². The molecule has 0 aliphatic rings. The first-order valence-corrected chi connectivity index (χ1v) is 6.31. The fourth-order valence-corrected chi connectivity index (χ4v) is 1.67. The van der Waals surface area contributed by atoms with Crippen molar-refractivity contribution in [1.82, 2.24) is 10.2 Å². The number of carbonyl (C=O) groups excluding carboxylic acids is 1. The molecule has 1 rings (SSSR count). The van der Waals surface area contributed by atoms with Gasteiger partial charge in [0.25, 0.3) is 0 Å². The molecule has 0 aliphatic heterocycles. The van der Waals surface area contributed by atoms with Gasteiger partial charge in [0.2, 0.25) is 5.76 Å². The van der Waals surface area contributed by atoms with E-state index in [1.165, 1.54) is 7.11 Å². The first-order chi connectivity index (χ1) is 8.71. The van der Waals surface area contributed by atoms with Crippen molar-refractivity contribution in [3.63, 3.8) is 0 Å². The van der Waals surface area contributed by atoms with Crippen molar-refractivity contribution in [1.29, 1.82) is 0 Å². The molecular formula is C13H22N2O3. The molecule has 1 aromatic heterocycles. The number of ether oxygens (including phenoxy) is 1. The molecule has 0 amide bonds. The molecule has 0 atom stereocenters. The van der Waals surface area contributed by atoms with E-state index in [0.29, 0.717) is 6.54 Å². The maximum absolute atomic E-state index is 11.2. The van der Waals surface area contributed by atoms with Gasteiger partial charge in [0, 0.05) is 13.1 Å². The molecule has 0 fully saturated rings. The first-order valence-electron chi connectivity index (χ1n) is 6.31. The van der Waals surface area contributed by atoms with Gasteiger partial charge >= 0.3 is 5.97 Å². The zero-order valence-electron chi connectivity index (χ0n) is 11.4. The average molecular weight is 254 g/mol. The van der Waals surface area contributed by atoms with E-state index in [2.05, 4.69) is 28.8 Å². The topological polar surface area (TPSA) is 54.7 Å². The molecule has 0 radical (unpaired) electrons. The molecule has 5 heteroatoms. The van der Waals surface area contributed by atoms with Crippen molar-refractivity contribution >= 4 is 5.97 Å². The van der Waals surface area contributed by atoms with Gasteiger partial charge in [-0.25, -0.2) is 4.79 Å². The Hall–Kier alpha value is -1.33. The normalized spacial score (nSPS) is 10.9. The molecule has 1 aromatic rings. The molecule has 1 N–H and O–H groups in total. The van der Waals surface area contributed by atoms with Gasteiger partial charge in [-0.15, -0.1) is 0 Å². The number of likely N-dealkylation sites (N-methyl/N-ethyl adjacent to an activating group) is 1. The van der Waals surface area contributed by atoms with E-state index in [4.69, 9.17) is 4.42 Å². The second kappa shape index (κ2) is 7.89. The van der Waals surface area contributed by atoms with Gasteiger partial charge in [-0.2, -0.15) is 0 Å². The summed E-state index contributed by atoms with van der Waals surface area (Å²) in [6.07, 6.45) is 0. The Bertz CT molecular complexity index is 359. The van der Waals surface area contributed by atoms with E-state index in [-0.39, 0.29) is 5.76 Å². The predicted octanol–water partition coefficient (Wildman–Crippen LogP) is 1.50. The van der Waals surface area contributed by atoms with Crippen molar-refractivity contribution in [2.45, 2.75) is 20.4 Å². The maximum atomic E-state index is 11.2. The third-order valence-electron chi connectivity index (χ3n) is 2.85. The van der Waals surface area contributed by atoms with Gasteiger partial charge in [-0.05, 0) is 25.2 Å². The fraction of sp³-hybridized carbons (Fsp3) is 0.615. The van der Waals surface area contributed by atoms with Crippen LogP contribution in [0.15, 0.2) is 16.5 Å². The van der Waals surface area contributed by atoms with E-state index in [1.807, 2.05) is 0 Å². The van der Waals surface area contributed by atoms with E-state index in [0.717, 1.165) is 31.9 Å². The van der Waals surface area contributed by atoms with Crippen LogP contribution in [0, 0.1) is 0 Å². The molecule has 0 unspecified atom stereocenters. The number of methoxy groups -OCH3 is 1. The van der Waals surface area contributed by atoms with Crippen LogP contribution in [0.3, 0.4) is 0 Å². The highest BCUT2D eigenvalue weighted by Gasteiger charge is 2.10. The van der Waals surface area contributed by atoms with Crippen LogP contribution >= 0.6 is 0 Å². The minimum absolute atomic E-state index is 0.248. The molecule has 18 heavy (non-hydrogen) atoms. The van der Waals surface area contributed by atoms with E-state index < -0.39 is 5.97 Å². The molecule has 0 aliphatic carbocycles. The second-order valence-corrected chi connectivity index (χ2v) is 3.96. The van der Waals surface area contributed by atoms with Crippen LogP contribution in [0.25, 0.3) is 0 Å². The minimum atomic E-state index is -0.440. The van der Waals surface area contributed by atoms with Crippen molar-refractivity contribution < 1.29 is 13.9 Å². The van der Waals surface area contributed by atoms with Crippen LogP contribution in [-0.4, -0.2) is 44.2 Å². The third kappa shape index (κ3) is 4.50. The third-order valence-corrected chi connectivity index (χ3v) is 2.85. The Balaban J connectivity index is 2.27. The second-order valence-electron chi connectivity index (χ2n) is 3.96. The van der Waals surface area contributed by atoms with Crippen LogP contribution in [0.4, 0.5) is 0 Å². The summed E-state index contributed by atoms with van der Waals surface area (Å²) in [7, 11) is 1.34. The average Bonchev–Trinajstić information content (AvgIpc) is 2.87. The first kappa shape index (κ1) is 14.7. The van der Waals surface area contributed by atoms with Gasteiger partial charge in [-0.3, -0.25) is 0 Å². The predicted molar refractivity (Wildman–Crippen MR) is 69.5 cm³/mol. The van der Waals surface area contributed by atoms with Crippen molar-refractivity contribution in [2.24, 2.45) is 0 Å². The zero-order valence-corrected chi connectivity index (χ0v) is 11.4. The Kier molecular flexibility index (Phi) is 6.46. The minimum Gasteiger partial charge on any atom is -0.463 e. The SMILES string of the molecule is CCN(CC)CCNCc1ccc(C(=O)OC)o1. The standard InChI is InChI=1S/C13H22N2O3/c1-4-15(5-2)9-8-14-10-11-6-7-12(18-11)13(16)17-3/h6-7,14H,4-5,8-10H2,1-3H3. The lowest BCUT2D eigenvalue weighted by Crippen LogP contribution is -2.31. The summed E-state index contributed by atoms with van der Waals surface area (Å²) in [4.78, 5) is 13.5. The monoisotopic (exact) mass is 254 g/mol. The van der Waals surface area contributed by atoms with E-state index in [9.17, 15) is 4.79 Å². The van der Waals surface area contributed by atoms with Crippen molar-refractivity contribution in [3.05, 3.63) is 23.7 Å². The maximum Gasteiger partial charge on any atom is 0.373 e. The van der Waals surface area contributed by atoms with Gasteiger partial charge < -0.3 is 19.4 Å². The van der Waals surface area contributed by atoms with Crippen molar-refractivity contribution in [3.8, 4) is 0 Å². The Morgan fingerprint density at radius 3 is 2.72 bits per heavy atom. The van der Waals surface area contributed by atoms with Crippen LogP contribution in [-0.2, 0) is 11.3 Å². The molecule has 0 saturated carbocycles. The summed E-state index contributed by atoms with van der Waals surface area (Å²) >= 11 is 0. The quantitative estimate of drug-likeness (QED) is 0.563. The Morgan fingerprint density at radius 1 is 1.39 bits per heavy atom. The summed E-state index contributed by atoms with van der Waals surface area (Å²) in [5, 5.41) is 3.28. The highest BCUT2D eigenvalue weighted by atomic mass is 16.5. The lowest BCUT2D eigenvalue weighted by Gasteiger charge is -2.17. The smallest absolute Gasteiger partial charge is 0.373 e. The number of nitrogens with one attached hydrogen (secondary N) is 1. The lowest BCUT2D eigenvalue weighted by atomic mass is 10.4. The number of carbonyl (C=O) groups is 1. The number of hydrogen-bond donors (Lipinski definition) is 1. The number of nitrogens with zero attached hydrogens (tertiary/aromatic N) is 1. The van der Waals surface area contributed by atoms with Crippen LogP contribution in [0.1, 0.15) is 30.2 Å². The molecule has 0 bridgehead atoms. The van der Waals surface area contributed by atoms with E-state index in [1.54, 1.807) is 12.1 Å². The molecule has 0 saturated heterocycles. The largest absolute Gasteiger partial charge is 0.463 e. The fourth-order valence-electron chi connectivity index (χ4n) is 1.67. The van der Waals surface area contributed by atoms with Crippen molar-refractivity contribution in [2.75, 3.05) is 33.3 Å². The summed E-state index contributed by atoms with van der Waals surface area (Å²) < 4.78 is 9.92. The Morgan fingerprint density at radius 2 is 2.11 bits per heavy atom. The highest BCUT2D eigenvalue weighted by Crippen LogP contribution is 2.08. The molecule has 0 spiro atoms. The highest BCUT2D eigenvalue weighted by molar-refractivity contribution is 5.86. The molecular weight excluding hydrogens is 232 g/mol. The zero-order chi connectivity index (χ0) is 13.4. The van der Waals surface area contributed by atoms with Crippen LogP contribution in [0.5, 0.6) is 0 Å². The van der Waals surface area contributed by atoms with Gasteiger partial charge in [0.05, 0.1) is 13.7 Å². The number of hydrogen-bond acceptors (Lipinski definition) is 5. The Labute approximate surface area is 108 Å².